The Bertz CT molecular complexity index is 470. The van der Waals surface area contributed by atoms with Crippen LogP contribution in [0.2, 0.25) is 5.02 Å². The lowest BCUT2D eigenvalue weighted by Gasteiger charge is -2.14. The highest BCUT2D eigenvalue weighted by Gasteiger charge is 2.27. The number of hydrogen-bond acceptors (Lipinski definition) is 4. The van der Waals surface area contributed by atoms with Crippen molar-refractivity contribution in [3.05, 3.63) is 22.7 Å². The van der Waals surface area contributed by atoms with Gasteiger partial charge < -0.3 is 19.7 Å². The van der Waals surface area contributed by atoms with Crippen molar-refractivity contribution in [2.24, 2.45) is 0 Å². The second-order valence-corrected chi connectivity index (χ2v) is 4.50. The van der Waals surface area contributed by atoms with E-state index in [0.29, 0.717) is 11.5 Å². The molecule has 1 aromatic rings. The number of halogens is 1. The van der Waals surface area contributed by atoms with Gasteiger partial charge in [0.25, 0.3) is 0 Å². The average molecular weight is 273 g/mol. The molecule has 0 heterocycles. The van der Waals surface area contributed by atoms with Crippen molar-refractivity contribution < 1.29 is 24.5 Å². The predicted molar refractivity (Wildman–Crippen MR) is 64.2 cm³/mol. The summed E-state index contributed by atoms with van der Waals surface area (Å²) >= 11 is 6.02. The Morgan fingerprint density at radius 1 is 1.50 bits per heavy atom. The van der Waals surface area contributed by atoms with Gasteiger partial charge in [0.2, 0.25) is 0 Å². The van der Waals surface area contributed by atoms with E-state index >= 15 is 0 Å². The molecule has 0 radical (unpaired) electrons. The average Bonchev–Trinajstić information content (AvgIpc) is 3.14. The number of hydrogen-bond donors (Lipinski definition) is 2. The Hall–Kier alpha value is -1.46. The number of carbonyl (C=O) groups is 1. The molecule has 0 aliphatic heterocycles. The highest BCUT2D eigenvalue weighted by atomic mass is 35.5. The molecule has 2 N–H and O–H groups in total. The number of aliphatic hydroxyl groups excluding tert-OH is 1. The molecule has 0 saturated heterocycles. The molecule has 0 bridgehead atoms. The molecule has 1 fully saturated rings. The second kappa shape index (κ2) is 5.04. The fourth-order valence-corrected chi connectivity index (χ4v) is 1.77. The van der Waals surface area contributed by atoms with Crippen LogP contribution in [0.15, 0.2) is 12.1 Å². The molecule has 1 aliphatic carbocycles. The van der Waals surface area contributed by atoms with E-state index in [4.69, 9.17) is 26.2 Å². The number of methoxy groups -OCH3 is 1. The van der Waals surface area contributed by atoms with Crippen LogP contribution in [0.25, 0.3) is 0 Å². The normalized spacial score (nSPS) is 16.2. The molecule has 0 spiro atoms. The van der Waals surface area contributed by atoms with Gasteiger partial charge in [-0.05, 0) is 30.5 Å². The summed E-state index contributed by atoms with van der Waals surface area (Å²) in [5.74, 6) is -0.628. The van der Waals surface area contributed by atoms with Gasteiger partial charge in [-0.1, -0.05) is 11.6 Å². The number of ether oxygens (including phenoxy) is 2. The summed E-state index contributed by atoms with van der Waals surface area (Å²) in [6, 6.07) is 2.79. The SMILES string of the molecule is COc1cc(C(O)C(=O)O)cc(Cl)c1OC1CC1. The molecule has 1 saturated carbocycles. The lowest BCUT2D eigenvalue weighted by molar-refractivity contribution is -0.146. The first kappa shape index (κ1) is 13.0. The van der Waals surface area contributed by atoms with Crippen LogP contribution in [0.4, 0.5) is 0 Å². The van der Waals surface area contributed by atoms with Gasteiger partial charge in [0.15, 0.2) is 17.6 Å². The van der Waals surface area contributed by atoms with Gasteiger partial charge in [0.05, 0.1) is 18.2 Å². The zero-order chi connectivity index (χ0) is 13.3. The van der Waals surface area contributed by atoms with Crippen molar-refractivity contribution >= 4 is 17.6 Å². The summed E-state index contributed by atoms with van der Waals surface area (Å²) in [4.78, 5) is 10.7. The number of aliphatic hydroxyl groups is 1. The molecule has 2 rings (SSSR count). The van der Waals surface area contributed by atoms with Gasteiger partial charge in [0.1, 0.15) is 0 Å². The minimum Gasteiger partial charge on any atom is -0.493 e. The fourth-order valence-electron chi connectivity index (χ4n) is 1.51. The molecule has 1 aliphatic rings. The van der Waals surface area contributed by atoms with Gasteiger partial charge in [-0.15, -0.1) is 0 Å². The van der Waals surface area contributed by atoms with Crippen molar-refractivity contribution in [1.29, 1.82) is 0 Å². The van der Waals surface area contributed by atoms with E-state index in [0.717, 1.165) is 12.8 Å². The van der Waals surface area contributed by atoms with Crippen LogP contribution in [0, 0.1) is 0 Å². The van der Waals surface area contributed by atoms with E-state index in [2.05, 4.69) is 0 Å². The van der Waals surface area contributed by atoms with Crippen LogP contribution in [0.3, 0.4) is 0 Å². The Morgan fingerprint density at radius 2 is 2.17 bits per heavy atom. The molecule has 1 unspecified atom stereocenters. The number of carboxylic acid groups (broad SMARTS) is 1. The van der Waals surface area contributed by atoms with E-state index in [1.807, 2.05) is 0 Å². The van der Waals surface area contributed by atoms with Gasteiger partial charge in [-0.25, -0.2) is 4.79 Å². The van der Waals surface area contributed by atoms with E-state index in [1.165, 1.54) is 19.2 Å². The van der Waals surface area contributed by atoms with Crippen molar-refractivity contribution in [3.63, 3.8) is 0 Å². The highest BCUT2D eigenvalue weighted by Crippen LogP contribution is 2.41. The lowest BCUT2D eigenvalue weighted by atomic mass is 10.1. The molecular formula is C12H13ClO5. The smallest absolute Gasteiger partial charge is 0.337 e. The molecule has 5 nitrogen and oxygen atoms in total. The van der Waals surface area contributed by atoms with Crippen LogP contribution >= 0.6 is 11.6 Å². The van der Waals surface area contributed by atoms with Gasteiger partial charge in [0, 0.05) is 0 Å². The highest BCUT2D eigenvalue weighted by molar-refractivity contribution is 6.32. The maximum absolute atomic E-state index is 10.7. The summed E-state index contributed by atoms with van der Waals surface area (Å²) in [5, 5.41) is 18.5. The van der Waals surface area contributed by atoms with Crippen LogP contribution < -0.4 is 9.47 Å². The van der Waals surface area contributed by atoms with Crippen LogP contribution in [0.5, 0.6) is 11.5 Å². The third kappa shape index (κ3) is 2.68. The van der Waals surface area contributed by atoms with Crippen molar-refractivity contribution in [3.8, 4) is 11.5 Å². The third-order valence-corrected chi connectivity index (χ3v) is 2.89. The van der Waals surface area contributed by atoms with Gasteiger partial charge >= 0.3 is 5.97 Å². The van der Waals surface area contributed by atoms with Crippen molar-refractivity contribution in [2.45, 2.75) is 25.0 Å². The number of aliphatic carboxylic acids is 1. The quantitative estimate of drug-likeness (QED) is 0.857. The Balaban J connectivity index is 2.35. The van der Waals surface area contributed by atoms with E-state index in [9.17, 15) is 9.90 Å². The van der Waals surface area contributed by atoms with Crippen molar-refractivity contribution in [2.75, 3.05) is 7.11 Å². The third-order valence-electron chi connectivity index (χ3n) is 2.61. The first-order valence-corrected chi connectivity index (χ1v) is 5.85. The number of rotatable bonds is 5. The Morgan fingerprint density at radius 3 is 2.67 bits per heavy atom. The molecule has 98 valence electrons. The van der Waals surface area contributed by atoms with Crippen molar-refractivity contribution in [1.82, 2.24) is 0 Å². The van der Waals surface area contributed by atoms with E-state index in [1.54, 1.807) is 0 Å². The monoisotopic (exact) mass is 272 g/mol. The predicted octanol–water partition coefficient (Wildman–Crippen LogP) is 2.01. The maximum Gasteiger partial charge on any atom is 0.337 e. The lowest BCUT2D eigenvalue weighted by Crippen LogP contribution is -2.11. The Kier molecular flexibility index (Phi) is 3.63. The second-order valence-electron chi connectivity index (χ2n) is 4.09. The van der Waals surface area contributed by atoms with Gasteiger partial charge in [-0.3, -0.25) is 0 Å². The number of benzene rings is 1. The summed E-state index contributed by atoms with van der Waals surface area (Å²) in [6.07, 6.45) is 0.454. The minimum absolute atomic E-state index is 0.145. The summed E-state index contributed by atoms with van der Waals surface area (Å²) in [7, 11) is 1.43. The molecule has 0 aromatic heterocycles. The maximum atomic E-state index is 10.7. The number of carboxylic acids is 1. The zero-order valence-corrected chi connectivity index (χ0v) is 10.5. The summed E-state index contributed by atoms with van der Waals surface area (Å²) in [6.45, 7) is 0. The standard InChI is InChI=1S/C12H13ClO5/c1-17-9-5-6(10(14)12(15)16)4-8(13)11(9)18-7-2-3-7/h4-5,7,10,14H,2-3H2,1H3,(H,15,16). The van der Waals surface area contributed by atoms with Crippen LogP contribution in [-0.4, -0.2) is 29.4 Å². The minimum atomic E-state index is -1.63. The topological polar surface area (TPSA) is 76.0 Å². The molecule has 18 heavy (non-hydrogen) atoms. The molecular weight excluding hydrogens is 260 g/mol. The molecule has 1 atom stereocenters. The first-order valence-electron chi connectivity index (χ1n) is 5.48. The first-order chi connectivity index (χ1) is 8.52. The largest absolute Gasteiger partial charge is 0.493 e. The molecule has 0 amide bonds. The molecule has 6 heteroatoms. The van der Waals surface area contributed by atoms with Crippen LogP contribution in [0.1, 0.15) is 24.5 Å². The van der Waals surface area contributed by atoms with Crippen LogP contribution in [-0.2, 0) is 4.79 Å². The summed E-state index contributed by atoms with van der Waals surface area (Å²) < 4.78 is 10.7. The van der Waals surface area contributed by atoms with Gasteiger partial charge in [-0.2, -0.15) is 0 Å². The Labute approximate surface area is 109 Å². The molecule has 1 aromatic carbocycles. The summed E-state index contributed by atoms with van der Waals surface area (Å²) in [5.41, 5.74) is 0.160. The zero-order valence-electron chi connectivity index (χ0n) is 9.72. The fraction of sp³-hybridized carbons (Fsp3) is 0.417. The van der Waals surface area contributed by atoms with E-state index in [-0.39, 0.29) is 16.7 Å². The van der Waals surface area contributed by atoms with E-state index < -0.39 is 12.1 Å².